The SMILES string of the molecule is CN1C2CC=CC1(c1ccc3nnccc3c1)CC2. The summed E-state index contributed by atoms with van der Waals surface area (Å²) in [4.78, 5) is 2.54. The van der Waals surface area contributed by atoms with Crippen molar-refractivity contribution in [3.63, 3.8) is 0 Å². The molecule has 0 radical (unpaired) electrons. The lowest BCUT2D eigenvalue weighted by Crippen LogP contribution is -2.42. The van der Waals surface area contributed by atoms with Crippen molar-refractivity contribution in [1.82, 2.24) is 15.1 Å². The van der Waals surface area contributed by atoms with Crippen molar-refractivity contribution in [2.24, 2.45) is 0 Å². The molecule has 96 valence electrons. The van der Waals surface area contributed by atoms with Crippen molar-refractivity contribution in [2.75, 3.05) is 7.05 Å². The maximum absolute atomic E-state index is 4.16. The Kier molecular flexibility index (Phi) is 2.27. The number of fused-ring (bicyclic) bond motifs is 3. The fourth-order valence-corrected chi connectivity index (χ4v) is 3.68. The van der Waals surface area contributed by atoms with Crippen LogP contribution in [0.1, 0.15) is 24.8 Å². The van der Waals surface area contributed by atoms with Crippen molar-refractivity contribution in [3.8, 4) is 0 Å². The van der Waals surface area contributed by atoms with Crippen LogP contribution >= 0.6 is 0 Å². The van der Waals surface area contributed by atoms with Crippen molar-refractivity contribution in [2.45, 2.75) is 30.8 Å². The molecule has 2 atom stereocenters. The summed E-state index contributed by atoms with van der Waals surface area (Å²) in [6, 6.07) is 9.33. The molecule has 2 aromatic rings. The van der Waals surface area contributed by atoms with Gasteiger partial charge in [0.15, 0.2) is 0 Å². The molecule has 1 aromatic carbocycles. The van der Waals surface area contributed by atoms with Crippen LogP contribution in [-0.2, 0) is 5.54 Å². The number of likely N-dealkylation sites (N-methyl/N-ethyl adjacent to an activating group) is 1. The molecule has 2 unspecified atom stereocenters. The van der Waals surface area contributed by atoms with E-state index in [2.05, 4.69) is 52.5 Å². The summed E-state index contributed by atoms with van der Waals surface area (Å²) in [5.74, 6) is 0. The van der Waals surface area contributed by atoms with Crippen LogP contribution in [0, 0.1) is 0 Å². The number of hydrogen-bond acceptors (Lipinski definition) is 3. The maximum Gasteiger partial charge on any atom is 0.0929 e. The molecule has 19 heavy (non-hydrogen) atoms. The predicted octanol–water partition coefficient (Wildman–Crippen LogP) is 2.88. The quantitative estimate of drug-likeness (QED) is 0.730. The second kappa shape index (κ2) is 3.87. The maximum atomic E-state index is 4.16. The van der Waals surface area contributed by atoms with Gasteiger partial charge < -0.3 is 0 Å². The van der Waals surface area contributed by atoms with Gasteiger partial charge in [-0.25, -0.2) is 0 Å². The zero-order chi connectivity index (χ0) is 12.9. The Bertz CT molecular complexity index is 664. The molecule has 1 aromatic heterocycles. The summed E-state index contributed by atoms with van der Waals surface area (Å²) in [6.07, 6.45) is 10.2. The lowest BCUT2D eigenvalue weighted by Gasteiger charge is -2.39. The van der Waals surface area contributed by atoms with E-state index in [4.69, 9.17) is 0 Å². The summed E-state index contributed by atoms with van der Waals surface area (Å²) in [5.41, 5.74) is 2.45. The van der Waals surface area contributed by atoms with Crippen LogP contribution in [0.2, 0.25) is 0 Å². The van der Waals surface area contributed by atoms with E-state index in [-0.39, 0.29) is 5.54 Å². The lowest BCUT2D eigenvalue weighted by atomic mass is 9.85. The number of aromatic nitrogens is 2. The topological polar surface area (TPSA) is 29.0 Å². The largest absolute Gasteiger partial charge is 0.290 e. The second-order valence-corrected chi connectivity index (χ2v) is 5.67. The van der Waals surface area contributed by atoms with Crippen LogP contribution < -0.4 is 0 Å². The second-order valence-electron chi connectivity index (χ2n) is 5.67. The van der Waals surface area contributed by atoms with Gasteiger partial charge in [0.05, 0.1) is 17.3 Å². The first-order valence-electron chi connectivity index (χ1n) is 6.92. The van der Waals surface area contributed by atoms with E-state index in [0.29, 0.717) is 6.04 Å². The highest BCUT2D eigenvalue weighted by molar-refractivity contribution is 5.78. The first kappa shape index (κ1) is 11.1. The van der Waals surface area contributed by atoms with Gasteiger partial charge in [0.1, 0.15) is 0 Å². The smallest absolute Gasteiger partial charge is 0.0929 e. The van der Waals surface area contributed by atoms with Gasteiger partial charge in [-0.1, -0.05) is 18.2 Å². The van der Waals surface area contributed by atoms with E-state index >= 15 is 0 Å². The number of nitrogens with zero attached hydrogens (tertiary/aromatic N) is 3. The molecule has 3 heteroatoms. The minimum absolute atomic E-state index is 0.0976. The third kappa shape index (κ3) is 1.48. The van der Waals surface area contributed by atoms with Crippen molar-refractivity contribution in [1.29, 1.82) is 0 Å². The summed E-state index contributed by atoms with van der Waals surface area (Å²) in [5, 5.41) is 9.28. The molecule has 0 spiro atoms. The fourth-order valence-electron chi connectivity index (χ4n) is 3.68. The van der Waals surface area contributed by atoms with Crippen LogP contribution in [0.15, 0.2) is 42.6 Å². The van der Waals surface area contributed by atoms with Crippen molar-refractivity contribution >= 4 is 10.9 Å². The third-order valence-electron chi connectivity index (χ3n) is 4.85. The first-order valence-corrected chi connectivity index (χ1v) is 6.92. The molecule has 2 bridgehead atoms. The van der Waals surface area contributed by atoms with Crippen molar-refractivity contribution in [3.05, 3.63) is 48.2 Å². The zero-order valence-corrected chi connectivity index (χ0v) is 11.1. The monoisotopic (exact) mass is 251 g/mol. The summed E-state index contributed by atoms with van der Waals surface area (Å²) >= 11 is 0. The zero-order valence-electron chi connectivity index (χ0n) is 11.1. The highest BCUT2D eigenvalue weighted by Crippen LogP contribution is 2.46. The van der Waals surface area contributed by atoms with E-state index in [1.54, 1.807) is 6.20 Å². The van der Waals surface area contributed by atoms with Crippen LogP contribution in [0.3, 0.4) is 0 Å². The van der Waals surface area contributed by atoms with Crippen LogP contribution in [0.25, 0.3) is 10.9 Å². The average molecular weight is 251 g/mol. The minimum atomic E-state index is 0.0976. The van der Waals surface area contributed by atoms with E-state index in [1.165, 1.54) is 30.2 Å². The van der Waals surface area contributed by atoms with E-state index in [9.17, 15) is 0 Å². The molecule has 0 N–H and O–H groups in total. The van der Waals surface area contributed by atoms with E-state index < -0.39 is 0 Å². The van der Waals surface area contributed by atoms with Crippen LogP contribution in [0.5, 0.6) is 0 Å². The highest BCUT2D eigenvalue weighted by Gasteiger charge is 2.45. The molecule has 1 saturated heterocycles. The van der Waals surface area contributed by atoms with Gasteiger partial charge in [-0.05, 0) is 50.1 Å². The number of hydrogen-bond donors (Lipinski definition) is 0. The van der Waals surface area contributed by atoms with Gasteiger partial charge in [0.25, 0.3) is 0 Å². The van der Waals surface area contributed by atoms with Gasteiger partial charge >= 0.3 is 0 Å². The molecular weight excluding hydrogens is 234 g/mol. The Balaban J connectivity index is 1.90. The predicted molar refractivity (Wildman–Crippen MR) is 75.8 cm³/mol. The van der Waals surface area contributed by atoms with Gasteiger partial charge in [-0.2, -0.15) is 10.2 Å². The number of benzene rings is 1. The average Bonchev–Trinajstić information content (AvgIpc) is 2.66. The molecule has 0 amide bonds. The Hall–Kier alpha value is -1.74. The van der Waals surface area contributed by atoms with E-state index in [1.807, 2.05) is 6.07 Å². The molecule has 4 rings (SSSR count). The van der Waals surface area contributed by atoms with Crippen LogP contribution in [-0.4, -0.2) is 28.2 Å². The Morgan fingerprint density at radius 1 is 1.32 bits per heavy atom. The van der Waals surface area contributed by atoms with Gasteiger partial charge in [0, 0.05) is 11.4 Å². The third-order valence-corrected chi connectivity index (χ3v) is 4.85. The van der Waals surface area contributed by atoms with Gasteiger partial charge in [-0.3, -0.25) is 4.90 Å². The van der Waals surface area contributed by atoms with Crippen LogP contribution in [0.4, 0.5) is 0 Å². The Morgan fingerprint density at radius 2 is 2.26 bits per heavy atom. The molecular formula is C16H17N3. The summed E-state index contributed by atoms with van der Waals surface area (Å²) in [6.45, 7) is 0. The highest BCUT2D eigenvalue weighted by atomic mass is 15.2. The minimum Gasteiger partial charge on any atom is -0.290 e. The van der Waals surface area contributed by atoms with Gasteiger partial charge in [0.2, 0.25) is 0 Å². The fraction of sp³-hybridized carbons (Fsp3) is 0.375. The van der Waals surface area contributed by atoms with E-state index in [0.717, 1.165) is 5.52 Å². The molecule has 0 aliphatic carbocycles. The molecule has 3 nitrogen and oxygen atoms in total. The molecule has 3 heterocycles. The Labute approximate surface area is 112 Å². The van der Waals surface area contributed by atoms with Gasteiger partial charge in [-0.15, -0.1) is 0 Å². The molecule has 1 fully saturated rings. The summed E-state index contributed by atoms with van der Waals surface area (Å²) in [7, 11) is 2.26. The Morgan fingerprint density at radius 3 is 3.21 bits per heavy atom. The summed E-state index contributed by atoms with van der Waals surface area (Å²) < 4.78 is 0. The standard InChI is InChI=1S/C16H17N3/c1-19-14-3-2-8-16(19,9-6-14)13-4-5-15-12(11-13)7-10-17-18-15/h2,4-5,7-8,10-11,14H,3,6,9H2,1H3. The normalized spacial score (nSPS) is 30.1. The molecule has 0 saturated carbocycles. The lowest BCUT2D eigenvalue weighted by molar-refractivity contribution is 0.168. The number of rotatable bonds is 1. The first-order chi connectivity index (χ1) is 9.29. The van der Waals surface area contributed by atoms with Crippen molar-refractivity contribution < 1.29 is 0 Å². The molecule has 2 aliphatic heterocycles. The molecule has 2 aliphatic rings.